The molecule has 0 bridgehead atoms. The molecule has 0 radical (unpaired) electrons. The van der Waals surface area contributed by atoms with E-state index in [0.29, 0.717) is 44.9 Å². The van der Waals surface area contributed by atoms with Crippen molar-refractivity contribution in [2.45, 2.75) is 210 Å². The molecule has 0 spiro atoms. The number of para-hydroxylation sites is 1. The number of aromatic hydroxyl groups is 1. The van der Waals surface area contributed by atoms with Crippen LogP contribution in [0.25, 0.3) is 22.0 Å². The van der Waals surface area contributed by atoms with E-state index in [2.05, 4.69) is 84.7 Å². The van der Waals surface area contributed by atoms with Crippen LogP contribution < -0.4 is 97.0 Å². The van der Waals surface area contributed by atoms with Gasteiger partial charge in [0.15, 0.2) is 11.9 Å². The topological polar surface area (TPSA) is 679 Å². The second-order valence-corrected chi connectivity index (χ2v) is 37.5. The standard InChI is InChI=1S/C101H135N23O20S/c1-10-58(6)85-97(142)118-75(46-62-34-38-65(39-35-62)64-28-18-13-19-29-64)89(134)113-71(33-23-43-108-101(105)106)99(144)123(8)59(7)98(143)124(9)80(48-61-26-16-12-17-27-61)95(140)112-70(32-22-42-107-100(103)104)87(132)114-72(44-56(2)3)92(137)121-84(57(4)5)96(141)119-78(53-125)94(139)120-79(86(131)110-52-81(102)127)54-145-55-82(128)111-73(45-60-24-14-11-15-25-60)88(133)115-74(47-63-36-40-67(126)41-37-63)90(135)117-77(50-83(129)130)91(136)116-76(93(138)122-85)49-66-51-109-69-31-21-20-30-68(66)69/h11-21,24-31,34-41,51,56-59,70-80,84-85,109,125-126H,10,22-23,32-33,42-50,52-55H2,1-9H3,(H2,102,127)(H,110,131)(H,111,128)(H,112,140)(H,113,134)(H,114,132)(H,115,133)(H,116,136)(H,117,135)(H,118,142)(H,119,141)(H,120,139)(H,121,137)(H,122,138)(H,129,130)(H4,103,104,107)(H4,105,106,108)/t58-,59-,70-,71-,72-,73-,74-,75-,76-,77-,78-,79-,80-,84-,85-/m0/s1. The van der Waals surface area contributed by atoms with E-state index in [9.17, 15) is 48.9 Å². The van der Waals surface area contributed by atoms with Gasteiger partial charge < -0.3 is 127 Å². The number of benzene rings is 6. The van der Waals surface area contributed by atoms with Crippen LogP contribution in [0.1, 0.15) is 121 Å². The van der Waals surface area contributed by atoms with Crippen LogP contribution in [0.2, 0.25) is 0 Å². The SMILES string of the molecule is CC[C@H](C)[C@@H]1NC(=O)[C@H](Cc2c[nH]c3ccccc23)NC(=O)[C@H](CC(=O)O)NC(=O)[C@H](Cc2ccc(O)cc2)NC(=O)[C@H](Cc2ccccc2)NC(=O)CSC[C@@H](C(=O)NCC(N)=O)NC(=O)[C@H](CO)NC(=O)[C@H](C(C)C)NC(=O)[C@H](CC(C)C)NC(=O)[C@H](CCCNC(=N)N)NC(=O)[C@H](Cc2ccccc2)N(C)C(=O)[C@H](C)N(C)C(=O)[C@H](CCCNC(=N)N)NC(=O)[C@H](Cc2ccc(-c3ccccc3)cc2)NC1=O. The number of amides is 16. The summed E-state index contributed by atoms with van der Waals surface area (Å²) in [4.78, 5) is 257. The average Bonchev–Trinajstić information content (AvgIpc) is 1.80. The van der Waals surface area contributed by atoms with Gasteiger partial charge in [0.05, 0.1) is 25.3 Å². The molecule has 780 valence electrons. The molecule has 145 heavy (non-hydrogen) atoms. The molecule has 27 N–H and O–H groups in total. The van der Waals surface area contributed by atoms with Crippen LogP contribution in [0.3, 0.4) is 0 Å². The van der Waals surface area contributed by atoms with Gasteiger partial charge in [0.1, 0.15) is 90.3 Å². The third-order valence-electron chi connectivity index (χ3n) is 24.5. The lowest BCUT2D eigenvalue weighted by Gasteiger charge is -2.35. The number of aliphatic hydroxyl groups is 1. The number of guanidine groups is 2. The maximum absolute atomic E-state index is 15.7. The first kappa shape index (κ1) is 115. The van der Waals surface area contributed by atoms with E-state index in [4.69, 9.17) is 28.0 Å². The quantitative estimate of drug-likeness (QED) is 0.0155. The minimum atomic E-state index is -2.09. The molecule has 7 aromatic rings. The Morgan fingerprint density at radius 1 is 0.462 bits per heavy atom. The van der Waals surface area contributed by atoms with Gasteiger partial charge in [-0.3, -0.25) is 92.3 Å². The lowest BCUT2D eigenvalue weighted by molar-refractivity contribution is -0.148. The van der Waals surface area contributed by atoms with Crippen LogP contribution in [-0.2, 0) is 114 Å². The summed E-state index contributed by atoms with van der Waals surface area (Å²) >= 11 is 0.706. The van der Waals surface area contributed by atoms with Crippen molar-refractivity contribution >= 4 is 135 Å². The Balaban J connectivity index is 1.24. The number of primary amides is 1. The molecule has 6 aromatic carbocycles. The Kier molecular flexibility index (Phi) is 45.1. The van der Waals surface area contributed by atoms with Crippen molar-refractivity contribution < 1.29 is 96.8 Å². The van der Waals surface area contributed by atoms with Crippen molar-refractivity contribution in [3.8, 4) is 16.9 Å². The number of phenolic OH excluding ortho intramolecular Hbond substituents is 1. The largest absolute Gasteiger partial charge is 0.508 e. The van der Waals surface area contributed by atoms with Gasteiger partial charge in [0, 0.05) is 82.1 Å². The number of carboxylic acid groups (broad SMARTS) is 1. The average molecular weight is 2020 g/mol. The van der Waals surface area contributed by atoms with Gasteiger partial charge in [-0.1, -0.05) is 194 Å². The molecule has 0 aliphatic carbocycles. The molecule has 0 unspecified atom stereocenters. The number of carbonyl (C=O) groups excluding carboxylic acids is 16. The summed E-state index contributed by atoms with van der Waals surface area (Å²) in [5, 5.41) is 87.6. The van der Waals surface area contributed by atoms with E-state index < -0.39 is 246 Å². The van der Waals surface area contributed by atoms with Gasteiger partial charge in [-0.25, -0.2) is 0 Å². The second kappa shape index (κ2) is 57.0. The van der Waals surface area contributed by atoms with E-state index in [1.54, 1.807) is 143 Å². The van der Waals surface area contributed by atoms with Crippen molar-refractivity contribution in [2.75, 3.05) is 51.8 Å². The molecular weight excluding hydrogens is 1890 g/mol. The molecule has 1 aliphatic heterocycles. The highest BCUT2D eigenvalue weighted by Gasteiger charge is 2.42. The number of hydrogen-bond donors (Lipinski definition) is 24. The van der Waals surface area contributed by atoms with Crippen LogP contribution in [-0.4, -0.2) is 279 Å². The van der Waals surface area contributed by atoms with E-state index in [1.165, 1.54) is 59.1 Å². The van der Waals surface area contributed by atoms with Crippen LogP contribution in [0, 0.1) is 28.6 Å². The molecule has 1 saturated heterocycles. The number of aliphatic carboxylic acids is 1. The number of likely N-dealkylation sites (N-methyl/N-ethyl adjacent to an activating group) is 2. The first-order chi connectivity index (χ1) is 69.0. The summed E-state index contributed by atoms with van der Waals surface area (Å²) in [7, 11) is 2.59. The minimum Gasteiger partial charge on any atom is -0.508 e. The number of aromatic nitrogens is 1. The number of aromatic amines is 1. The predicted octanol–water partition coefficient (Wildman–Crippen LogP) is -0.365. The maximum atomic E-state index is 15.7. The molecule has 1 aliphatic rings. The zero-order valence-electron chi connectivity index (χ0n) is 82.5. The lowest BCUT2D eigenvalue weighted by Crippen LogP contribution is -2.62. The Hall–Kier alpha value is -15.5. The lowest BCUT2D eigenvalue weighted by atomic mass is 9.95. The summed E-state index contributed by atoms with van der Waals surface area (Å²) in [6, 6.07) is 22.2. The van der Waals surface area contributed by atoms with Crippen LogP contribution in [0.4, 0.5) is 0 Å². The van der Waals surface area contributed by atoms with E-state index >= 15 is 47.9 Å². The fraction of sp³-hybridized carbons (Fsp3) is 0.436. The molecule has 43 nitrogen and oxygen atoms in total. The molecule has 1 fully saturated rings. The normalized spacial score (nSPS) is 22.5. The number of nitrogens with two attached hydrogens (primary N) is 3. The van der Waals surface area contributed by atoms with Gasteiger partial charge >= 0.3 is 5.97 Å². The second-order valence-electron chi connectivity index (χ2n) is 36.5. The zero-order valence-corrected chi connectivity index (χ0v) is 83.3. The van der Waals surface area contributed by atoms with Crippen LogP contribution in [0.15, 0.2) is 170 Å². The number of fused-ring (bicyclic) bond motifs is 1. The van der Waals surface area contributed by atoms with Gasteiger partial charge in [0.2, 0.25) is 94.5 Å². The highest BCUT2D eigenvalue weighted by atomic mass is 32.2. The number of rotatable bonds is 30. The molecule has 8 rings (SSSR count). The molecule has 15 atom stereocenters. The van der Waals surface area contributed by atoms with Gasteiger partial charge in [-0.15, -0.1) is 11.8 Å². The highest BCUT2D eigenvalue weighted by molar-refractivity contribution is 8.00. The van der Waals surface area contributed by atoms with Crippen molar-refractivity contribution in [1.29, 1.82) is 10.8 Å². The summed E-state index contributed by atoms with van der Waals surface area (Å²) in [6.45, 7) is 9.31. The van der Waals surface area contributed by atoms with Crippen molar-refractivity contribution in [3.05, 3.63) is 198 Å². The zero-order chi connectivity index (χ0) is 106. The third-order valence-corrected chi connectivity index (χ3v) is 25.5. The van der Waals surface area contributed by atoms with Crippen molar-refractivity contribution in [1.82, 2.24) is 94.5 Å². The summed E-state index contributed by atoms with van der Waals surface area (Å²) in [5.41, 5.74) is 21.1. The number of nitrogens with one attached hydrogen (secondary N) is 18. The minimum absolute atomic E-state index is 0.00671. The van der Waals surface area contributed by atoms with Crippen LogP contribution >= 0.6 is 11.8 Å². The highest BCUT2D eigenvalue weighted by Crippen LogP contribution is 2.25. The molecular formula is C101H135N23O20S. The Morgan fingerprint density at radius 2 is 0.897 bits per heavy atom. The van der Waals surface area contributed by atoms with E-state index in [0.717, 1.165) is 20.9 Å². The number of hydrogen-bond acceptors (Lipinski definition) is 22. The van der Waals surface area contributed by atoms with Crippen LogP contribution in [0.5, 0.6) is 5.75 Å². The molecule has 2 heterocycles. The number of nitrogens with zero attached hydrogens (tertiary/aromatic N) is 2. The van der Waals surface area contributed by atoms with E-state index in [1.807, 2.05) is 30.3 Å². The Bertz CT molecular complexity index is 5650. The summed E-state index contributed by atoms with van der Waals surface area (Å²) in [6.07, 6.45) is -1.45. The summed E-state index contributed by atoms with van der Waals surface area (Å²) < 4.78 is 0. The van der Waals surface area contributed by atoms with Crippen molar-refractivity contribution in [2.24, 2.45) is 35.0 Å². The predicted molar refractivity (Wildman–Crippen MR) is 543 cm³/mol. The van der Waals surface area contributed by atoms with E-state index in [-0.39, 0.29) is 94.5 Å². The number of thioether (sulfide) groups is 1. The first-order valence-corrected chi connectivity index (χ1v) is 49.0. The fourth-order valence-electron chi connectivity index (χ4n) is 16.1. The Labute approximate surface area is 844 Å². The Morgan fingerprint density at radius 3 is 1.44 bits per heavy atom. The molecule has 44 heteroatoms. The fourth-order valence-corrected chi connectivity index (χ4v) is 16.9. The van der Waals surface area contributed by atoms with Gasteiger partial charge in [0.25, 0.3) is 0 Å². The van der Waals surface area contributed by atoms with Gasteiger partial charge in [-0.2, -0.15) is 0 Å². The van der Waals surface area contributed by atoms with Crippen molar-refractivity contribution in [3.63, 3.8) is 0 Å². The number of carboxylic acids is 1. The molecule has 0 saturated carbocycles. The first-order valence-electron chi connectivity index (χ1n) is 47.9. The van der Waals surface area contributed by atoms with Gasteiger partial charge in [-0.05, 0) is 114 Å². The number of aliphatic hydroxyl groups excluding tert-OH is 1. The molecule has 16 amide bonds. The number of phenols is 1. The molecule has 1 aromatic heterocycles. The number of carbonyl (C=O) groups is 17. The number of H-pyrrole nitrogens is 1. The third kappa shape index (κ3) is 36.5. The maximum Gasteiger partial charge on any atom is 0.305 e. The monoisotopic (exact) mass is 2020 g/mol. The summed E-state index contributed by atoms with van der Waals surface area (Å²) in [5.74, 6) is -22.0. The smallest absolute Gasteiger partial charge is 0.305 e.